The van der Waals surface area contributed by atoms with E-state index < -0.39 is 0 Å². The lowest BCUT2D eigenvalue weighted by Gasteiger charge is -2.15. The van der Waals surface area contributed by atoms with Gasteiger partial charge in [-0.1, -0.05) is 12.1 Å². The molecule has 1 fully saturated rings. The fourth-order valence-corrected chi connectivity index (χ4v) is 2.41. The average Bonchev–Trinajstić information content (AvgIpc) is 3.39. The van der Waals surface area contributed by atoms with Crippen LogP contribution in [0, 0.1) is 12.8 Å². The third-order valence-corrected chi connectivity index (χ3v) is 4.00. The summed E-state index contributed by atoms with van der Waals surface area (Å²) in [4.78, 5) is 4.27. The Morgan fingerprint density at radius 1 is 1.28 bits per heavy atom. The highest BCUT2D eigenvalue weighted by molar-refractivity contribution is 14.0. The second-order valence-corrected chi connectivity index (χ2v) is 6.27. The monoisotopic (exact) mass is 461 g/mol. The summed E-state index contributed by atoms with van der Waals surface area (Å²) in [6.07, 6.45) is 3.68. The highest BCUT2D eigenvalue weighted by Gasteiger charge is 2.20. The lowest BCUT2D eigenvalue weighted by Crippen LogP contribution is -2.37. The summed E-state index contributed by atoms with van der Waals surface area (Å²) in [5.74, 6) is 2.58. The number of hydrogen-bond donors (Lipinski definition) is 2. The van der Waals surface area contributed by atoms with Gasteiger partial charge in [0.15, 0.2) is 5.96 Å². The van der Waals surface area contributed by atoms with Crippen LogP contribution in [0.1, 0.15) is 37.3 Å². The maximum Gasteiger partial charge on any atom is 0.191 e. The van der Waals surface area contributed by atoms with Crippen LogP contribution in [0.25, 0.3) is 0 Å². The average molecular weight is 461 g/mol. The summed E-state index contributed by atoms with van der Waals surface area (Å²) in [7, 11) is 1.79. The first-order valence-corrected chi connectivity index (χ1v) is 8.97. The van der Waals surface area contributed by atoms with Crippen molar-refractivity contribution in [1.82, 2.24) is 10.6 Å². The fraction of sp³-hybridized carbons (Fsp3) is 0.632. The first-order chi connectivity index (χ1) is 11.7. The van der Waals surface area contributed by atoms with Crippen molar-refractivity contribution in [1.29, 1.82) is 0 Å². The predicted molar refractivity (Wildman–Crippen MR) is 114 cm³/mol. The van der Waals surface area contributed by atoms with Crippen LogP contribution in [0.15, 0.2) is 23.2 Å². The third-order valence-electron chi connectivity index (χ3n) is 4.00. The van der Waals surface area contributed by atoms with Crippen molar-refractivity contribution < 1.29 is 9.47 Å². The lowest BCUT2D eigenvalue weighted by molar-refractivity contribution is 0.123. The molecule has 25 heavy (non-hydrogen) atoms. The Labute approximate surface area is 169 Å². The van der Waals surface area contributed by atoms with E-state index in [1.54, 1.807) is 7.05 Å². The Morgan fingerprint density at radius 3 is 2.76 bits per heavy atom. The molecule has 0 bridgehead atoms. The Kier molecular flexibility index (Phi) is 10.9. The molecule has 0 unspecified atom stereocenters. The molecule has 5 nitrogen and oxygen atoms in total. The second kappa shape index (κ2) is 12.4. The van der Waals surface area contributed by atoms with E-state index in [0.717, 1.165) is 49.4 Å². The van der Waals surface area contributed by atoms with Crippen molar-refractivity contribution in [3.8, 4) is 5.75 Å². The minimum absolute atomic E-state index is 0. The first-order valence-electron chi connectivity index (χ1n) is 8.97. The normalized spacial score (nSPS) is 14.0. The molecule has 0 radical (unpaired) electrons. The summed E-state index contributed by atoms with van der Waals surface area (Å²) in [5, 5.41) is 6.67. The smallest absolute Gasteiger partial charge is 0.191 e. The molecule has 1 aromatic carbocycles. The van der Waals surface area contributed by atoms with Gasteiger partial charge in [-0.2, -0.15) is 0 Å². The van der Waals surface area contributed by atoms with E-state index in [1.807, 2.05) is 6.92 Å². The number of halogens is 1. The van der Waals surface area contributed by atoms with Gasteiger partial charge in [-0.3, -0.25) is 4.99 Å². The number of rotatable bonds is 10. The summed E-state index contributed by atoms with van der Waals surface area (Å²) in [6.45, 7) is 8.04. The number of nitrogens with one attached hydrogen (secondary N) is 2. The molecule has 0 atom stereocenters. The number of hydrogen-bond acceptors (Lipinski definition) is 3. The second-order valence-electron chi connectivity index (χ2n) is 6.27. The standard InChI is InChI=1S/C19H31N3O2.HI/c1-4-24-18-12-15(2)6-9-17(18)13-22-19(20-3)21-10-5-11-23-14-16-7-8-16;/h6,9,12,16H,4-5,7-8,10-11,13-14H2,1-3H3,(H2,20,21,22);1H. The summed E-state index contributed by atoms with van der Waals surface area (Å²) < 4.78 is 11.4. The molecule has 0 heterocycles. The molecule has 0 aromatic heterocycles. The largest absolute Gasteiger partial charge is 0.494 e. The molecular weight excluding hydrogens is 429 g/mol. The van der Waals surface area contributed by atoms with Gasteiger partial charge in [0.2, 0.25) is 0 Å². The van der Waals surface area contributed by atoms with E-state index in [0.29, 0.717) is 13.2 Å². The Morgan fingerprint density at radius 2 is 2.08 bits per heavy atom. The van der Waals surface area contributed by atoms with Crippen molar-refractivity contribution in [2.45, 2.75) is 39.7 Å². The summed E-state index contributed by atoms with van der Waals surface area (Å²) in [6, 6.07) is 6.28. The molecule has 0 amide bonds. The van der Waals surface area contributed by atoms with Crippen LogP contribution in [0.3, 0.4) is 0 Å². The fourth-order valence-electron chi connectivity index (χ4n) is 2.41. The molecule has 2 N–H and O–H groups in total. The van der Waals surface area contributed by atoms with Gasteiger partial charge in [0.05, 0.1) is 6.61 Å². The molecule has 1 aliphatic carbocycles. The van der Waals surface area contributed by atoms with Crippen molar-refractivity contribution in [3.63, 3.8) is 0 Å². The van der Waals surface area contributed by atoms with Gasteiger partial charge in [-0.25, -0.2) is 0 Å². The predicted octanol–water partition coefficient (Wildman–Crippen LogP) is 3.49. The van der Waals surface area contributed by atoms with Crippen molar-refractivity contribution >= 4 is 29.9 Å². The molecule has 0 spiro atoms. The first kappa shape index (κ1) is 22.0. The van der Waals surface area contributed by atoms with E-state index in [1.165, 1.54) is 18.4 Å². The zero-order valence-electron chi connectivity index (χ0n) is 15.6. The number of guanidine groups is 1. The van der Waals surface area contributed by atoms with Gasteiger partial charge in [-0.05, 0) is 50.7 Å². The van der Waals surface area contributed by atoms with E-state index in [9.17, 15) is 0 Å². The molecular formula is C19H32IN3O2. The van der Waals surface area contributed by atoms with Gasteiger partial charge < -0.3 is 20.1 Å². The third kappa shape index (κ3) is 8.76. The number of aryl methyl sites for hydroxylation is 1. The van der Waals surface area contributed by atoms with Crippen LogP contribution >= 0.6 is 24.0 Å². The van der Waals surface area contributed by atoms with E-state index in [-0.39, 0.29) is 24.0 Å². The number of ether oxygens (including phenoxy) is 2. The minimum atomic E-state index is 0. The molecule has 1 saturated carbocycles. The molecule has 6 heteroatoms. The molecule has 1 aromatic rings. The lowest BCUT2D eigenvalue weighted by atomic mass is 10.1. The van der Waals surface area contributed by atoms with Gasteiger partial charge >= 0.3 is 0 Å². The molecule has 0 saturated heterocycles. The zero-order valence-corrected chi connectivity index (χ0v) is 18.0. The summed E-state index contributed by atoms with van der Waals surface area (Å²) >= 11 is 0. The quantitative estimate of drug-likeness (QED) is 0.243. The molecule has 2 rings (SSSR count). The zero-order chi connectivity index (χ0) is 17.2. The minimum Gasteiger partial charge on any atom is -0.494 e. The number of nitrogens with zero attached hydrogens (tertiary/aromatic N) is 1. The van der Waals surface area contributed by atoms with Gasteiger partial charge in [-0.15, -0.1) is 24.0 Å². The topological polar surface area (TPSA) is 54.9 Å². The van der Waals surface area contributed by atoms with Crippen molar-refractivity contribution in [3.05, 3.63) is 29.3 Å². The van der Waals surface area contributed by atoms with Crippen LogP contribution in [-0.2, 0) is 11.3 Å². The molecule has 0 aliphatic heterocycles. The van der Waals surface area contributed by atoms with E-state index >= 15 is 0 Å². The summed E-state index contributed by atoms with van der Waals surface area (Å²) in [5.41, 5.74) is 2.34. The van der Waals surface area contributed by atoms with Crippen LogP contribution in [-0.4, -0.2) is 39.4 Å². The van der Waals surface area contributed by atoms with Crippen LogP contribution in [0.4, 0.5) is 0 Å². The van der Waals surface area contributed by atoms with Crippen LogP contribution in [0.5, 0.6) is 5.75 Å². The van der Waals surface area contributed by atoms with Crippen molar-refractivity contribution in [2.24, 2.45) is 10.9 Å². The maximum absolute atomic E-state index is 5.72. The SMILES string of the molecule is CCOc1cc(C)ccc1CNC(=NC)NCCCOCC1CC1.I. The number of benzene rings is 1. The number of aliphatic imine (C=N–C) groups is 1. The molecule has 142 valence electrons. The Bertz CT molecular complexity index is 533. The van der Waals surface area contributed by atoms with Gasteiger partial charge in [0, 0.05) is 38.9 Å². The van der Waals surface area contributed by atoms with Crippen LogP contribution < -0.4 is 15.4 Å². The van der Waals surface area contributed by atoms with E-state index in [2.05, 4.69) is 40.7 Å². The highest BCUT2D eigenvalue weighted by Crippen LogP contribution is 2.28. The van der Waals surface area contributed by atoms with E-state index in [4.69, 9.17) is 9.47 Å². The Balaban J connectivity index is 0.00000312. The highest BCUT2D eigenvalue weighted by atomic mass is 127. The maximum atomic E-state index is 5.72. The van der Waals surface area contributed by atoms with Crippen LogP contribution in [0.2, 0.25) is 0 Å². The van der Waals surface area contributed by atoms with Gasteiger partial charge in [0.25, 0.3) is 0 Å². The Hall–Kier alpha value is -1.02. The van der Waals surface area contributed by atoms with Gasteiger partial charge in [0.1, 0.15) is 5.75 Å². The van der Waals surface area contributed by atoms with Crippen molar-refractivity contribution in [2.75, 3.05) is 33.4 Å². The molecule has 1 aliphatic rings.